The second-order valence-corrected chi connectivity index (χ2v) is 5.50. The molecule has 2 rings (SSSR count). The Labute approximate surface area is 118 Å². The number of para-hydroxylation sites is 1. The summed E-state index contributed by atoms with van der Waals surface area (Å²) in [7, 11) is 0. The van der Waals surface area contributed by atoms with Gasteiger partial charge in [-0.05, 0) is 38.8 Å². The predicted molar refractivity (Wildman–Crippen MR) is 74.8 cm³/mol. The topological polar surface area (TPSA) is 38.5 Å². The van der Waals surface area contributed by atoms with Crippen molar-refractivity contribution in [1.82, 2.24) is 4.90 Å². The first kappa shape index (κ1) is 15.2. The van der Waals surface area contributed by atoms with Gasteiger partial charge in [0.15, 0.2) is 0 Å². The van der Waals surface area contributed by atoms with E-state index in [2.05, 4.69) is 9.64 Å². The van der Waals surface area contributed by atoms with E-state index in [1.807, 2.05) is 26.0 Å². The van der Waals surface area contributed by atoms with Gasteiger partial charge < -0.3 is 10.5 Å². The van der Waals surface area contributed by atoms with E-state index in [1.54, 1.807) is 12.1 Å². The van der Waals surface area contributed by atoms with Crippen LogP contribution in [0.2, 0.25) is 0 Å². The van der Waals surface area contributed by atoms with Crippen LogP contribution in [0.15, 0.2) is 24.3 Å². The Morgan fingerprint density at radius 2 is 2.00 bits per heavy atom. The van der Waals surface area contributed by atoms with E-state index < -0.39 is 6.61 Å². The van der Waals surface area contributed by atoms with Crippen LogP contribution in [0.25, 0.3) is 0 Å². The van der Waals surface area contributed by atoms with Crippen LogP contribution < -0.4 is 10.5 Å². The minimum absolute atomic E-state index is 0.0497. The number of hydrogen-bond acceptors (Lipinski definition) is 3. The molecular weight excluding hydrogens is 262 g/mol. The van der Waals surface area contributed by atoms with Gasteiger partial charge in [0.2, 0.25) is 0 Å². The van der Waals surface area contributed by atoms with Crippen molar-refractivity contribution in [1.29, 1.82) is 0 Å². The van der Waals surface area contributed by atoms with Gasteiger partial charge in [-0.15, -0.1) is 0 Å². The second kappa shape index (κ2) is 6.50. The summed E-state index contributed by atoms with van der Waals surface area (Å²) in [6.07, 6.45) is 1.06. The Kier molecular flexibility index (Phi) is 4.94. The van der Waals surface area contributed by atoms with E-state index in [4.69, 9.17) is 5.73 Å². The molecule has 1 aromatic carbocycles. The highest BCUT2D eigenvalue weighted by Gasteiger charge is 2.30. The molecule has 0 bridgehead atoms. The molecule has 1 aliphatic heterocycles. The third kappa shape index (κ3) is 3.46. The highest BCUT2D eigenvalue weighted by molar-refractivity contribution is 5.35. The maximum absolute atomic E-state index is 12.5. The zero-order valence-corrected chi connectivity index (χ0v) is 11.9. The summed E-state index contributed by atoms with van der Waals surface area (Å²) in [5.74, 6) is 0.736. The van der Waals surface area contributed by atoms with E-state index in [0.717, 1.165) is 25.1 Å². The number of likely N-dealkylation sites (tertiary alicyclic amines) is 1. The second-order valence-electron chi connectivity index (χ2n) is 5.50. The van der Waals surface area contributed by atoms with E-state index in [9.17, 15) is 8.78 Å². The van der Waals surface area contributed by atoms with E-state index in [0.29, 0.717) is 5.92 Å². The third-order valence-electron chi connectivity index (χ3n) is 4.13. The lowest BCUT2D eigenvalue weighted by Gasteiger charge is -2.26. The first-order valence-electron chi connectivity index (χ1n) is 7.02. The third-order valence-corrected chi connectivity index (χ3v) is 4.13. The maximum atomic E-state index is 12.5. The average Bonchev–Trinajstić information content (AvgIpc) is 2.87. The summed E-state index contributed by atoms with van der Waals surface area (Å²) >= 11 is 0. The number of nitrogens with zero attached hydrogens (tertiary/aromatic N) is 1. The quantitative estimate of drug-likeness (QED) is 0.903. The SMILES string of the molecule is CC(N)C1CCN(C(C)c2ccccc2OC(F)F)C1. The number of halogens is 2. The fourth-order valence-corrected chi connectivity index (χ4v) is 2.82. The standard InChI is InChI=1S/C15H22F2N2O/c1-10(18)12-7-8-19(9-12)11(2)13-5-3-4-6-14(13)20-15(16)17/h3-6,10-12,15H,7-9,18H2,1-2H3. The molecule has 2 N–H and O–H groups in total. The van der Waals surface area contributed by atoms with Crippen molar-refractivity contribution in [2.24, 2.45) is 11.7 Å². The predicted octanol–water partition coefficient (Wildman–Crippen LogP) is 3.02. The number of rotatable bonds is 5. The Balaban J connectivity index is 2.11. The highest BCUT2D eigenvalue weighted by Crippen LogP contribution is 2.33. The van der Waals surface area contributed by atoms with Crippen molar-refractivity contribution in [2.45, 2.75) is 39.0 Å². The molecule has 0 aromatic heterocycles. The zero-order valence-electron chi connectivity index (χ0n) is 11.9. The molecule has 1 saturated heterocycles. The van der Waals surface area contributed by atoms with Crippen molar-refractivity contribution in [3.05, 3.63) is 29.8 Å². The summed E-state index contributed by atoms with van der Waals surface area (Å²) in [4.78, 5) is 2.28. The van der Waals surface area contributed by atoms with E-state index in [-0.39, 0.29) is 17.8 Å². The molecule has 3 unspecified atom stereocenters. The smallest absolute Gasteiger partial charge is 0.387 e. The minimum Gasteiger partial charge on any atom is -0.434 e. The van der Waals surface area contributed by atoms with Gasteiger partial charge in [-0.3, -0.25) is 4.90 Å². The van der Waals surface area contributed by atoms with E-state index >= 15 is 0 Å². The summed E-state index contributed by atoms with van der Waals surface area (Å²) in [5.41, 5.74) is 6.75. The lowest BCUT2D eigenvalue weighted by Crippen LogP contribution is -2.31. The molecule has 20 heavy (non-hydrogen) atoms. The molecule has 0 amide bonds. The van der Waals surface area contributed by atoms with Crippen LogP contribution in [0.5, 0.6) is 5.75 Å². The van der Waals surface area contributed by atoms with Gasteiger partial charge in [0.05, 0.1) is 0 Å². The van der Waals surface area contributed by atoms with Crippen LogP contribution in [0, 0.1) is 5.92 Å². The van der Waals surface area contributed by atoms with Gasteiger partial charge in [-0.2, -0.15) is 8.78 Å². The molecule has 0 aliphatic carbocycles. The Morgan fingerprint density at radius 1 is 1.30 bits per heavy atom. The molecule has 1 aliphatic rings. The number of nitrogens with two attached hydrogens (primary N) is 1. The summed E-state index contributed by atoms with van der Waals surface area (Å²) in [5, 5.41) is 0. The van der Waals surface area contributed by atoms with Gasteiger partial charge >= 0.3 is 6.61 Å². The van der Waals surface area contributed by atoms with Gasteiger partial charge in [0.1, 0.15) is 5.75 Å². The molecule has 0 radical (unpaired) electrons. The Morgan fingerprint density at radius 3 is 2.60 bits per heavy atom. The summed E-state index contributed by atoms with van der Waals surface area (Å²) in [6.45, 7) is 3.10. The largest absolute Gasteiger partial charge is 0.434 e. The summed E-state index contributed by atoms with van der Waals surface area (Å²) in [6, 6.07) is 7.22. The van der Waals surface area contributed by atoms with Gasteiger partial charge in [-0.25, -0.2) is 0 Å². The van der Waals surface area contributed by atoms with Crippen LogP contribution in [0.4, 0.5) is 8.78 Å². The van der Waals surface area contributed by atoms with Crippen LogP contribution in [-0.4, -0.2) is 30.6 Å². The molecule has 5 heteroatoms. The zero-order chi connectivity index (χ0) is 14.7. The first-order chi connectivity index (χ1) is 9.49. The monoisotopic (exact) mass is 284 g/mol. The van der Waals surface area contributed by atoms with Crippen LogP contribution >= 0.6 is 0 Å². The van der Waals surface area contributed by atoms with Crippen molar-refractivity contribution in [2.75, 3.05) is 13.1 Å². The molecule has 0 spiro atoms. The van der Waals surface area contributed by atoms with Crippen molar-refractivity contribution in [3.63, 3.8) is 0 Å². The normalized spacial score (nSPS) is 23.0. The molecule has 1 heterocycles. The van der Waals surface area contributed by atoms with Crippen molar-refractivity contribution >= 4 is 0 Å². The number of benzene rings is 1. The van der Waals surface area contributed by atoms with E-state index in [1.165, 1.54) is 0 Å². The fourth-order valence-electron chi connectivity index (χ4n) is 2.82. The van der Waals surface area contributed by atoms with Gasteiger partial charge in [0.25, 0.3) is 0 Å². The Bertz CT molecular complexity index is 440. The molecular formula is C15H22F2N2O. The average molecular weight is 284 g/mol. The van der Waals surface area contributed by atoms with Crippen molar-refractivity contribution < 1.29 is 13.5 Å². The lowest BCUT2D eigenvalue weighted by atomic mass is 10.0. The fraction of sp³-hybridized carbons (Fsp3) is 0.600. The molecule has 3 atom stereocenters. The van der Waals surface area contributed by atoms with Crippen LogP contribution in [-0.2, 0) is 0 Å². The maximum Gasteiger partial charge on any atom is 0.387 e. The Hall–Kier alpha value is -1.20. The molecule has 3 nitrogen and oxygen atoms in total. The number of alkyl halides is 2. The van der Waals surface area contributed by atoms with Crippen LogP contribution in [0.1, 0.15) is 31.9 Å². The molecule has 112 valence electrons. The first-order valence-corrected chi connectivity index (χ1v) is 7.02. The highest BCUT2D eigenvalue weighted by atomic mass is 19.3. The van der Waals surface area contributed by atoms with Crippen molar-refractivity contribution in [3.8, 4) is 5.75 Å². The minimum atomic E-state index is -2.79. The lowest BCUT2D eigenvalue weighted by molar-refractivity contribution is -0.0510. The van der Waals surface area contributed by atoms with Crippen LogP contribution in [0.3, 0.4) is 0 Å². The molecule has 1 aromatic rings. The molecule has 1 fully saturated rings. The number of hydrogen-bond donors (Lipinski definition) is 1. The van der Waals surface area contributed by atoms with Gasteiger partial charge in [-0.1, -0.05) is 18.2 Å². The van der Waals surface area contributed by atoms with Gasteiger partial charge in [0, 0.05) is 24.2 Å². The summed E-state index contributed by atoms with van der Waals surface area (Å²) < 4.78 is 29.5. The molecule has 0 saturated carbocycles. The number of ether oxygens (including phenoxy) is 1.